The van der Waals surface area contributed by atoms with Crippen LogP contribution in [0, 0.1) is 5.92 Å². The average molecular weight is 519 g/mol. The smallest absolute Gasteiger partial charge is 0.320 e. The van der Waals surface area contributed by atoms with Gasteiger partial charge < -0.3 is 24.7 Å². The molecule has 9 nitrogen and oxygen atoms in total. The summed E-state index contributed by atoms with van der Waals surface area (Å²) in [5.41, 5.74) is 4.65. The Hall–Kier alpha value is -3.17. The van der Waals surface area contributed by atoms with E-state index in [-0.39, 0.29) is 11.9 Å². The van der Waals surface area contributed by atoms with Gasteiger partial charge >= 0.3 is 6.03 Å². The summed E-state index contributed by atoms with van der Waals surface area (Å²) in [7, 11) is 0. The van der Waals surface area contributed by atoms with Crippen molar-refractivity contribution in [2.24, 2.45) is 5.92 Å². The fourth-order valence-electron chi connectivity index (χ4n) is 5.94. The minimum atomic E-state index is -0.568. The summed E-state index contributed by atoms with van der Waals surface area (Å²) in [4.78, 5) is 40.1. The quantitative estimate of drug-likeness (QED) is 0.574. The molecule has 0 bridgehead atoms. The first kappa shape index (κ1) is 25.1. The van der Waals surface area contributed by atoms with E-state index in [9.17, 15) is 14.7 Å². The van der Waals surface area contributed by atoms with E-state index in [1.807, 2.05) is 22.1 Å². The molecule has 0 spiro atoms. The van der Waals surface area contributed by atoms with Gasteiger partial charge in [-0.05, 0) is 42.5 Å². The van der Waals surface area contributed by atoms with Crippen molar-refractivity contribution < 1.29 is 14.7 Å². The molecule has 3 fully saturated rings. The minimum Gasteiger partial charge on any atom is -0.390 e. The molecule has 1 atom stereocenters. The number of carbonyl (C=O) groups is 2. The molecular weight excluding hydrogens is 480 g/mol. The van der Waals surface area contributed by atoms with Crippen LogP contribution < -0.4 is 4.90 Å². The van der Waals surface area contributed by atoms with E-state index >= 15 is 0 Å². The van der Waals surface area contributed by atoms with Crippen molar-refractivity contribution in [3.05, 3.63) is 59.4 Å². The zero-order chi connectivity index (χ0) is 26.1. The summed E-state index contributed by atoms with van der Waals surface area (Å²) in [6, 6.07) is 12.5. The second kappa shape index (κ2) is 10.9. The molecule has 9 heteroatoms. The highest BCUT2D eigenvalue weighted by Gasteiger charge is 2.35. The molecule has 2 saturated heterocycles. The van der Waals surface area contributed by atoms with Gasteiger partial charge in [-0.1, -0.05) is 24.3 Å². The second-order valence-electron chi connectivity index (χ2n) is 11.2. The number of aliphatic hydroxyl groups excluding tert-OH is 1. The third-order valence-electron chi connectivity index (χ3n) is 8.34. The molecule has 1 saturated carbocycles. The van der Waals surface area contributed by atoms with Gasteiger partial charge in [0.2, 0.25) is 5.91 Å². The van der Waals surface area contributed by atoms with Crippen LogP contribution in [0.4, 0.5) is 10.5 Å². The minimum absolute atomic E-state index is 0.0321. The van der Waals surface area contributed by atoms with Crippen LogP contribution in [0.1, 0.15) is 29.7 Å². The van der Waals surface area contributed by atoms with Crippen molar-refractivity contribution in [1.29, 1.82) is 0 Å². The van der Waals surface area contributed by atoms with Gasteiger partial charge in [-0.25, -0.2) is 4.79 Å². The number of urea groups is 1. The van der Waals surface area contributed by atoms with Crippen molar-refractivity contribution >= 4 is 17.6 Å². The molecule has 202 valence electrons. The largest absolute Gasteiger partial charge is 0.390 e. The first-order valence-electron chi connectivity index (χ1n) is 14.0. The van der Waals surface area contributed by atoms with E-state index in [1.54, 1.807) is 4.90 Å². The van der Waals surface area contributed by atoms with E-state index in [4.69, 9.17) is 0 Å². The zero-order valence-corrected chi connectivity index (χ0v) is 22.0. The molecule has 3 amide bonds. The lowest BCUT2D eigenvalue weighted by atomic mass is 10.00. The first-order valence-corrected chi connectivity index (χ1v) is 14.0. The predicted octanol–water partition coefficient (Wildman–Crippen LogP) is 1.80. The van der Waals surface area contributed by atoms with Gasteiger partial charge in [0.15, 0.2) is 0 Å². The Morgan fingerprint density at radius 2 is 1.68 bits per heavy atom. The summed E-state index contributed by atoms with van der Waals surface area (Å²) in [6.07, 6.45) is 4.42. The Bertz CT molecular complexity index is 1150. The molecule has 0 radical (unpaired) electrons. The second-order valence-corrected chi connectivity index (χ2v) is 11.2. The first-order chi connectivity index (χ1) is 18.5. The van der Waals surface area contributed by atoms with Crippen LogP contribution in [0.25, 0.3) is 0 Å². The van der Waals surface area contributed by atoms with E-state index in [1.165, 1.54) is 11.1 Å². The Balaban J connectivity index is 0.955. The monoisotopic (exact) mass is 518 g/mol. The number of hydrogen-bond acceptors (Lipinski definition) is 6. The number of nitrogens with zero attached hydrogens (tertiary/aromatic N) is 6. The number of hydrogen-bond donors (Lipinski definition) is 1. The number of amides is 3. The summed E-state index contributed by atoms with van der Waals surface area (Å²) >= 11 is 0. The number of carbonyl (C=O) groups excluding carboxylic acids is 2. The number of anilines is 1. The van der Waals surface area contributed by atoms with Crippen LogP contribution in [-0.4, -0.2) is 107 Å². The van der Waals surface area contributed by atoms with E-state index in [2.05, 4.69) is 45.1 Å². The summed E-state index contributed by atoms with van der Waals surface area (Å²) in [5.74, 6) is 0.607. The molecule has 1 aromatic heterocycles. The summed E-state index contributed by atoms with van der Waals surface area (Å²) < 4.78 is 0. The fraction of sp³-hybridized carbons (Fsp3) is 0.552. The molecule has 2 aromatic rings. The van der Waals surface area contributed by atoms with Crippen LogP contribution in [0.15, 0.2) is 42.6 Å². The highest BCUT2D eigenvalue weighted by molar-refractivity contribution is 5.81. The molecular formula is C29H38N6O3. The van der Waals surface area contributed by atoms with Gasteiger partial charge in [0.05, 0.1) is 30.2 Å². The lowest BCUT2D eigenvalue weighted by molar-refractivity contribution is -0.132. The van der Waals surface area contributed by atoms with E-state index in [0.29, 0.717) is 38.6 Å². The normalized spacial score (nSPS) is 21.1. The van der Waals surface area contributed by atoms with Crippen molar-refractivity contribution in [1.82, 2.24) is 24.6 Å². The van der Waals surface area contributed by atoms with Crippen molar-refractivity contribution in [2.75, 3.05) is 63.8 Å². The average Bonchev–Trinajstić information content (AvgIpc) is 3.75. The van der Waals surface area contributed by atoms with Crippen molar-refractivity contribution in [2.45, 2.75) is 38.5 Å². The summed E-state index contributed by atoms with van der Waals surface area (Å²) in [6.45, 7) is 7.64. The third kappa shape index (κ3) is 5.63. The SMILES string of the molecule is O=C(C1CC1)N1CCN(c2ccc(CN3CCN(C[C@H](O)CN4CCc5ccccc5C4)C3=O)nc2)CC1. The number of aromatic nitrogens is 1. The Morgan fingerprint density at radius 1 is 0.921 bits per heavy atom. The topological polar surface area (TPSA) is 83.5 Å². The number of fused-ring (bicyclic) bond motifs is 1. The number of benzene rings is 1. The molecule has 38 heavy (non-hydrogen) atoms. The van der Waals surface area contributed by atoms with Gasteiger partial charge in [-0.3, -0.25) is 14.7 Å². The molecule has 4 aliphatic rings. The predicted molar refractivity (Wildman–Crippen MR) is 145 cm³/mol. The molecule has 1 N–H and O–H groups in total. The van der Waals surface area contributed by atoms with Crippen LogP contribution in [0.5, 0.6) is 0 Å². The number of rotatable bonds is 8. The lowest BCUT2D eigenvalue weighted by Crippen LogP contribution is -2.49. The number of pyridine rings is 1. The Kier molecular flexibility index (Phi) is 7.21. The van der Waals surface area contributed by atoms with Crippen molar-refractivity contribution in [3.63, 3.8) is 0 Å². The van der Waals surface area contributed by atoms with Gasteiger partial charge in [-0.15, -0.1) is 0 Å². The maximum absolute atomic E-state index is 13.0. The highest BCUT2D eigenvalue weighted by atomic mass is 16.3. The van der Waals surface area contributed by atoms with Gasteiger partial charge in [0.25, 0.3) is 0 Å². The van der Waals surface area contributed by atoms with E-state index in [0.717, 1.165) is 69.9 Å². The number of β-amino-alcohol motifs (C(OH)–C–C–N with tert-alkyl or cyclic N) is 1. The van der Waals surface area contributed by atoms with Crippen LogP contribution in [0.3, 0.4) is 0 Å². The van der Waals surface area contributed by atoms with Crippen LogP contribution >= 0.6 is 0 Å². The Morgan fingerprint density at radius 3 is 2.42 bits per heavy atom. The maximum Gasteiger partial charge on any atom is 0.320 e. The molecule has 0 unspecified atom stereocenters. The molecule has 6 rings (SSSR count). The molecule has 1 aromatic carbocycles. The number of aliphatic hydroxyl groups is 1. The van der Waals surface area contributed by atoms with Crippen LogP contribution in [0.2, 0.25) is 0 Å². The third-order valence-corrected chi connectivity index (χ3v) is 8.34. The van der Waals surface area contributed by atoms with Crippen LogP contribution in [-0.2, 0) is 24.3 Å². The molecule has 4 heterocycles. The number of piperazine rings is 1. The van der Waals surface area contributed by atoms with Crippen molar-refractivity contribution in [3.8, 4) is 0 Å². The molecule has 3 aliphatic heterocycles. The maximum atomic E-state index is 13.0. The standard InChI is InChI=1S/C29H38N6O3/c36-27(20-31-10-9-22-3-1-2-4-24(22)18-31)21-35-16-15-34(29(35)38)19-25-7-8-26(17-30-25)32-11-13-33(14-12-32)28(37)23-5-6-23/h1-4,7-8,17,23,27,36H,5-6,9-16,18-21H2/t27-/m1/s1. The lowest BCUT2D eigenvalue weighted by Gasteiger charge is -2.36. The zero-order valence-electron chi connectivity index (χ0n) is 22.0. The molecule has 1 aliphatic carbocycles. The van der Waals surface area contributed by atoms with Gasteiger partial charge in [-0.2, -0.15) is 0 Å². The summed E-state index contributed by atoms with van der Waals surface area (Å²) in [5, 5.41) is 10.7. The van der Waals surface area contributed by atoms with E-state index < -0.39 is 6.10 Å². The highest BCUT2D eigenvalue weighted by Crippen LogP contribution is 2.31. The fourth-order valence-corrected chi connectivity index (χ4v) is 5.94. The Labute approximate surface area is 224 Å². The van der Waals surface area contributed by atoms with Gasteiger partial charge in [0.1, 0.15) is 0 Å². The van der Waals surface area contributed by atoms with Gasteiger partial charge in [0, 0.05) is 71.4 Å².